The Morgan fingerprint density at radius 1 is 1.35 bits per heavy atom. The third-order valence-electron chi connectivity index (χ3n) is 2.85. The molecular formula is C12H14O4S. The zero-order chi connectivity index (χ0) is 12.6. The molecule has 1 fully saturated rings. The van der Waals surface area contributed by atoms with Crippen molar-refractivity contribution in [3.63, 3.8) is 0 Å². The van der Waals surface area contributed by atoms with Crippen molar-refractivity contribution in [3.8, 4) is 0 Å². The molecule has 0 unspecified atom stereocenters. The van der Waals surface area contributed by atoms with Crippen LogP contribution in [0, 0.1) is 0 Å². The number of rotatable bonds is 3. The van der Waals surface area contributed by atoms with E-state index in [0.717, 1.165) is 24.7 Å². The fourth-order valence-electron chi connectivity index (χ4n) is 1.83. The molecule has 0 spiro atoms. The Morgan fingerprint density at radius 3 is 2.47 bits per heavy atom. The second kappa shape index (κ2) is 4.14. The van der Waals surface area contributed by atoms with Crippen molar-refractivity contribution in [2.45, 2.75) is 23.7 Å². The topological polar surface area (TPSA) is 60.4 Å². The quantitative estimate of drug-likeness (QED) is 0.771. The van der Waals surface area contributed by atoms with Gasteiger partial charge in [0.1, 0.15) is 0 Å². The lowest BCUT2D eigenvalue weighted by atomic mass is 10.1. The van der Waals surface area contributed by atoms with Gasteiger partial charge in [0.15, 0.2) is 9.84 Å². The van der Waals surface area contributed by atoms with Gasteiger partial charge in [0.25, 0.3) is 0 Å². The molecule has 0 atom stereocenters. The van der Waals surface area contributed by atoms with E-state index in [4.69, 9.17) is 0 Å². The van der Waals surface area contributed by atoms with E-state index in [-0.39, 0.29) is 10.5 Å². The van der Waals surface area contributed by atoms with E-state index >= 15 is 0 Å². The summed E-state index contributed by atoms with van der Waals surface area (Å²) in [5.74, 6) is -0.191. The lowest BCUT2D eigenvalue weighted by Crippen LogP contribution is -2.07. The van der Waals surface area contributed by atoms with E-state index in [9.17, 15) is 13.2 Å². The number of carbonyl (C=O) groups excluding carboxylic acids is 1. The number of hydrogen-bond donors (Lipinski definition) is 0. The van der Waals surface area contributed by atoms with Gasteiger partial charge in [0.2, 0.25) is 0 Å². The summed E-state index contributed by atoms with van der Waals surface area (Å²) >= 11 is 0. The molecule has 5 heteroatoms. The Hall–Kier alpha value is -1.36. The molecule has 4 nitrogen and oxygen atoms in total. The highest BCUT2D eigenvalue weighted by molar-refractivity contribution is 7.90. The zero-order valence-corrected chi connectivity index (χ0v) is 10.6. The van der Waals surface area contributed by atoms with Crippen LogP contribution in [0.25, 0.3) is 0 Å². The first-order valence-electron chi connectivity index (χ1n) is 5.36. The van der Waals surface area contributed by atoms with Crippen LogP contribution < -0.4 is 0 Å². The third kappa shape index (κ3) is 2.49. The Morgan fingerprint density at radius 2 is 2.00 bits per heavy atom. The fraction of sp³-hybridized carbons (Fsp3) is 0.417. The van der Waals surface area contributed by atoms with Gasteiger partial charge in [-0.2, -0.15) is 0 Å². The largest absolute Gasteiger partial charge is 0.465 e. The maximum Gasteiger partial charge on any atom is 0.337 e. The van der Waals surface area contributed by atoms with Crippen LogP contribution in [0.3, 0.4) is 0 Å². The first-order chi connectivity index (χ1) is 7.93. The van der Waals surface area contributed by atoms with Gasteiger partial charge in [-0.05, 0) is 36.5 Å². The Labute approximate surface area is 101 Å². The minimum Gasteiger partial charge on any atom is -0.465 e. The van der Waals surface area contributed by atoms with Gasteiger partial charge in [-0.1, -0.05) is 6.07 Å². The number of ether oxygens (including phenoxy) is 1. The molecule has 1 aliphatic rings. The smallest absolute Gasteiger partial charge is 0.337 e. The van der Waals surface area contributed by atoms with Gasteiger partial charge in [0, 0.05) is 6.26 Å². The first kappa shape index (κ1) is 12.1. The molecular weight excluding hydrogens is 240 g/mol. The molecule has 0 aromatic heterocycles. The summed E-state index contributed by atoms with van der Waals surface area (Å²) in [5.41, 5.74) is 1.09. The average molecular weight is 254 g/mol. The Balaban J connectivity index is 2.54. The summed E-state index contributed by atoms with van der Waals surface area (Å²) in [6.45, 7) is 0. The van der Waals surface area contributed by atoms with E-state index in [2.05, 4.69) is 4.74 Å². The van der Waals surface area contributed by atoms with Crippen molar-refractivity contribution in [1.29, 1.82) is 0 Å². The maximum atomic E-state index is 11.7. The molecule has 1 aliphatic carbocycles. The number of esters is 1. The van der Waals surface area contributed by atoms with Crippen LogP contribution in [0.4, 0.5) is 0 Å². The summed E-state index contributed by atoms with van der Waals surface area (Å²) < 4.78 is 28.0. The van der Waals surface area contributed by atoms with Gasteiger partial charge >= 0.3 is 5.97 Å². The molecule has 0 aliphatic heterocycles. The van der Waals surface area contributed by atoms with E-state index in [1.54, 1.807) is 12.1 Å². The first-order valence-corrected chi connectivity index (χ1v) is 7.25. The summed E-state index contributed by atoms with van der Waals surface area (Å²) in [6, 6.07) is 4.75. The molecule has 1 aromatic rings. The fourth-order valence-corrected chi connectivity index (χ4v) is 2.84. The number of carbonyl (C=O) groups is 1. The minimum atomic E-state index is -3.31. The van der Waals surface area contributed by atoms with Crippen molar-refractivity contribution in [1.82, 2.24) is 0 Å². The van der Waals surface area contributed by atoms with Crippen molar-refractivity contribution < 1.29 is 17.9 Å². The molecule has 0 radical (unpaired) electrons. The highest BCUT2D eigenvalue weighted by Gasteiger charge is 2.29. The molecule has 92 valence electrons. The highest BCUT2D eigenvalue weighted by Crippen LogP contribution is 2.43. The lowest BCUT2D eigenvalue weighted by molar-refractivity contribution is 0.0600. The Kier molecular flexibility index (Phi) is 2.95. The lowest BCUT2D eigenvalue weighted by Gasteiger charge is -2.08. The van der Waals surface area contributed by atoms with Crippen molar-refractivity contribution >= 4 is 15.8 Å². The third-order valence-corrected chi connectivity index (χ3v) is 4.00. The molecule has 0 bridgehead atoms. The van der Waals surface area contributed by atoms with Crippen molar-refractivity contribution in [3.05, 3.63) is 29.3 Å². The Bertz CT molecular complexity index is 556. The van der Waals surface area contributed by atoms with Crippen LogP contribution in [0.5, 0.6) is 0 Å². The van der Waals surface area contributed by atoms with Crippen molar-refractivity contribution in [2.75, 3.05) is 13.4 Å². The minimum absolute atomic E-state index is 0.253. The van der Waals surface area contributed by atoms with Crippen molar-refractivity contribution in [2.24, 2.45) is 0 Å². The van der Waals surface area contributed by atoms with Crippen LogP contribution in [-0.2, 0) is 14.6 Å². The van der Waals surface area contributed by atoms with Gasteiger partial charge in [0.05, 0.1) is 17.6 Å². The highest BCUT2D eigenvalue weighted by atomic mass is 32.2. The van der Waals surface area contributed by atoms with Crippen LogP contribution >= 0.6 is 0 Å². The van der Waals surface area contributed by atoms with Crippen LogP contribution in [0.2, 0.25) is 0 Å². The zero-order valence-electron chi connectivity index (χ0n) is 9.76. The number of methoxy groups -OCH3 is 1. The standard InChI is InChI=1S/C12H14O4S/c1-16-12(13)9-5-6-10(8-3-4-8)11(7-9)17(2,14)15/h5-8H,3-4H2,1-2H3. The van der Waals surface area contributed by atoms with E-state index in [1.807, 2.05) is 0 Å². The molecule has 0 heterocycles. The summed E-state index contributed by atoms with van der Waals surface area (Å²) in [4.78, 5) is 11.6. The van der Waals surface area contributed by atoms with Gasteiger partial charge < -0.3 is 4.74 Å². The normalized spacial score (nSPS) is 15.6. The molecule has 0 amide bonds. The molecule has 1 aromatic carbocycles. The molecule has 17 heavy (non-hydrogen) atoms. The summed E-state index contributed by atoms with van der Waals surface area (Å²) in [7, 11) is -2.04. The van der Waals surface area contributed by atoms with E-state index in [0.29, 0.717) is 5.92 Å². The molecule has 0 saturated heterocycles. The predicted octanol–water partition coefficient (Wildman–Crippen LogP) is 1.75. The number of benzene rings is 1. The molecule has 2 rings (SSSR count). The van der Waals surface area contributed by atoms with Gasteiger partial charge in [-0.25, -0.2) is 13.2 Å². The van der Waals surface area contributed by atoms with Gasteiger partial charge in [-0.3, -0.25) is 0 Å². The average Bonchev–Trinajstić information content (AvgIpc) is 3.10. The second-order valence-corrected chi connectivity index (χ2v) is 6.27. The van der Waals surface area contributed by atoms with Crippen LogP contribution in [-0.4, -0.2) is 27.8 Å². The summed E-state index contributed by atoms with van der Waals surface area (Å²) in [5, 5.41) is 0. The van der Waals surface area contributed by atoms with E-state index in [1.165, 1.54) is 13.2 Å². The predicted molar refractivity (Wildman–Crippen MR) is 62.9 cm³/mol. The molecule has 1 saturated carbocycles. The van der Waals surface area contributed by atoms with E-state index < -0.39 is 15.8 Å². The molecule has 0 N–H and O–H groups in total. The SMILES string of the molecule is COC(=O)c1ccc(C2CC2)c(S(C)(=O)=O)c1. The van der Waals surface area contributed by atoms with Crippen LogP contribution in [0.15, 0.2) is 23.1 Å². The summed E-state index contributed by atoms with van der Waals surface area (Å²) in [6.07, 6.45) is 3.19. The monoisotopic (exact) mass is 254 g/mol. The van der Waals surface area contributed by atoms with Crippen LogP contribution in [0.1, 0.15) is 34.7 Å². The maximum absolute atomic E-state index is 11.7. The second-order valence-electron chi connectivity index (χ2n) is 4.29. The number of sulfone groups is 1. The number of hydrogen-bond acceptors (Lipinski definition) is 4. The van der Waals surface area contributed by atoms with Gasteiger partial charge in [-0.15, -0.1) is 0 Å².